The number of hydrogen-bond acceptors (Lipinski definition) is 5. The Morgan fingerprint density at radius 3 is 2.48 bits per heavy atom. The SMILES string of the molecule is NC1CCCCN(c2nnnn2-c2ccc(-c3ccccc3)cc2)C1. The van der Waals surface area contributed by atoms with Gasteiger partial charge in [-0.05, 0) is 46.5 Å². The summed E-state index contributed by atoms with van der Waals surface area (Å²) in [6, 6.07) is 18.8. The van der Waals surface area contributed by atoms with E-state index in [4.69, 9.17) is 5.73 Å². The van der Waals surface area contributed by atoms with Gasteiger partial charge in [-0.15, -0.1) is 0 Å². The summed E-state index contributed by atoms with van der Waals surface area (Å²) in [4.78, 5) is 2.20. The van der Waals surface area contributed by atoms with Crippen LogP contribution in [-0.4, -0.2) is 39.3 Å². The van der Waals surface area contributed by atoms with Gasteiger partial charge in [-0.2, -0.15) is 4.68 Å². The van der Waals surface area contributed by atoms with Gasteiger partial charge in [0, 0.05) is 19.1 Å². The van der Waals surface area contributed by atoms with Gasteiger partial charge in [-0.25, -0.2) is 0 Å². The van der Waals surface area contributed by atoms with Crippen LogP contribution in [0.15, 0.2) is 54.6 Å². The first-order chi connectivity index (χ1) is 12.3. The van der Waals surface area contributed by atoms with Crippen LogP contribution in [0, 0.1) is 0 Å². The Kier molecular flexibility index (Phi) is 4.43. The van der Waals surface area contributed by atoms with Crippen LogP contribution in [0.2, 0.25) is 0 Å². The number of nitrogens with two attached hydrogens (primary N) is 1. The van der Waals surface area contributed by atoms with Crippen molar-refractivity contribution in [1.29, 1.82) is 0 Å². The van der Waals surface area contributed by atoms with Crippen LogP contribution in [0.3, 0.4) is 0 Å². The molecule has 0 bridgehead atoms. The van der Waals surface area contributed by atoms with E-state index in [0.717, 1.165) is 44.0 Å². The highest BCUT2D eigenvalue weighted by Crippen LogP contribution is 2.23. The number of aromatic nitrogens is 4. The molecule has 0 aliphatic carbocycles. The molecular formula is C19H22N6. The Morgan fingerprint density at radius 2 is 1.68 bits per heavy atom. The van der Waals surface area contributed by atoms with Crippen molar-refractivity contribution in [2.45, 2.75) is 25.3 Å². The Hall–Kier alpha value is -2.73. The predicted octanol–water partition coefficient (Wildman–Crippen LogP) is 2.65. The summed E-state index contributed by atoms with van der Waals surface area (Å²) < 4.78 is 1.80. The molecule has 1 fully saturated rings. The van der Waals surface area contributed by atoms with Crippen LogP contribution >= 0.6 is 0 Å². The van der Waals surface area contributed by atoms with Crippen LogP contribution in [0.1, 0.15) is 19.3 Å². The minimum absolute atomic E-state index is 0.174. The number of hydrogen-bond donors (Lipinski definition) is 1. The lowest BCUT2D eigenvalue weighted by molar-refractivity contribution is 0.616. The zero-order chi connectivity index (χ0) is 17.1. The number of anilines is 1. The van der Waals surface area contributed by atoms with Crippen molar-refractivity contribution in [2.75, 3.05) is 18.0 Å². The van der Waals surface area contributed by atoms with Crippen LogP contribution in [0.4, 0.5) is 5.95 Å². The topological polar surface area (TPSA) is 72.9 Å². The standard InChI is InChI=1S/C19H22N6/c20-17-8-4-5-13-24(14-17)19-21-22-23-25(19)18-11-9-16(10-12-18)15-6-2-1-3-7-15/h1-3,6-7,9-12,17H,4-5,8,13-14,20H2. The van der Waals surface area contributed by atoms with Crippen LogP contribution in [0.5, 0.6) is 0 Å². The summed E-state index contributed by atoms with van der Waals surface area (Å²) in [5, 5.41) is 12.3. The van der Waals surface area contributed by atoms with E-state index in [-0.39, 0.29) is 6.04 Å². The van der Waals surface area contributed by atoms with Gasteiger partial charge in [0.05, 0.1) is 5.69 Å². The second kappa shape index (κ2) is 7.03. The fourth-order valence-corrected chi connectivity index (χ4v) is 3.33. The Labute approximate surface area is 147 Å². The number of rotatable bonds is 3. The zero-order valence-corrected chi connectivity index (χ0v) is 14.1. The molecule has 3 aromatic rings. The van der Waals surface area contributed by atoms with E-state index < -0.39 is 0 Å². The molecule has 0 amide bonds. The van der Waals surface area contributed by atoms with Crippen LogP contribution in [0.25, 0.3) is 16.8 Å². The minimum Gasteiger partial charge on any atom is -0.338 e. The van der Waals surface area contributed by atoms with Crippen molar-refractivity contribution in [1.82, 2.24) is 20.2 Å². The molecular weight excluding hydrogens is 312 g/mol. The van der Waals surface area contributed by atoms with Crippen molar-refractivity contribution in [2.24, 2.45) is 5.73 Å². The van der Waals surface area contributed by atoms with Gasteiger partial charge in [-0.1, -0.05) is 54.0 Å². The van der Waals surface area contributed by atoms with Gasteiger partial charge < -0.3 is 10.6 Å². The lowest BCUT2D eigenvalue weighted by Crippen LogP contribution is -2.37. The summed E-state index contributed by atoms with van der Waals surface area (Å²) in [6.45, 7) is 1.73. The molecule has 1 atom stereocenters. The minimum atomic E-state index is 0.174. The van der Waals surface area contributed by atoms with Gasteiger partial charge in [0.2, 0.25) is 5.95 Å². The normalized spacial score (nSPS) is 18.1. The molecule has 1 unspecified atom stereocenters. The van der Waals surface area contributed by atoms with E-state index in [0.29, 0.717) is 0 Å². The van der Waals surface area contributed by atoms with E-state index in [1.54, 1.807) is 4.68 Å². The highest BCUT2D eigenvalue weighted by atomic mass is 15.6. The third kappa shape index (κ3) is 3.39. The van der Waals surface area contributed by atoms with Gasteiger partial charge in [0.15, 0.2) is 0 Å². The number of benzene rings is 2. The molecule has 6 heteroatoms. The average molecular weight is 334 g/mol. The lowest BCUT2D eigenvalue weighted by Gasteiger charge is -2.22. The quantitative estimate of drug-likeness (QED) is 0.797. The summed E-state index contributed by atoms with van der Waals surface area (Å²) in [6.07, 6.45) is 3.34. The van der Waals surface area contributed by atoms with Crippen molar-refractivity contribution in [3.05, 3.63) is 54.6 Å². The van der Waals surface area contributed by atoms with Crippen molar-refractivity contribution in [3.63, 3.8) is 0 Å². The molecule has 1 aliphatic heterocycles. The van der Waals surface area contributed by atoms with E-state index in [2.05, 4.69) is 56.8 Å². The molecule has 1 aromatic heterocycles. The predicted molar refractivity (Wildman–Crippen MR) is 98.6 cm³/mol. The lowest BCUT2D eigenvalue weighted by atomic mass is 10.1. The highest BCUT2D eigenvalue weighted by Gasteiger charge is 2.21. The maximum atomic E-state index is 6.18. The maximum Gasteiger partial charge on any atom is 0.250 e. The summed E-state index contributed by atoms with van der Waals surface area (Å²) in [5.74, 6) is 0.768. The van der Waals surface area contributed by atoms with Gasteiger partial charge >= 0.3 is 0 Å². The third-order valence-electron chi connectivity index (χ3n) is 4.66. The van der Waals surface area contributed by atoms with Crippen molar-refractivity contribution in [3.8, 4) is 16.8 Å². The maximum absolute atomic E-state index is 6.18. The summed E-state index contributed by atoms with van der Waals surface area (Å²) in [7, 11) is 0. The van der Waals surface area contributed by atoms with E-state index in [9.17, 15) is 0 Å². The summed E-state index contributed by atoms with van der Waals surface area (Å²) in [5.41, 5.74) is 9.52. The molecule has 6 nitrogen and oxygen atoms in total. The monoisotopic (exact) mass is 334 g/mol. The number of tetrazole rings is 1. The molecule has 25 heavy (non-hydrogen) atoms. The van der Waals surface area contributed by atoms with E-state index in [1.807, 2.05) is 18.2 Å². The van der Waals surface area contributed by atoms with Crippen molar-refractivity contribution >= 4 is 5.95 Å². The first-order valence-electron chi connectivity index (χ1n) is 8.76. The first kappa shape index (κ1) is 15.8. The Morgan fingerprint density at radius 1 is 0.920 bits per heavy atom. The second-order valence-corrected chi connectivity index (χ2v) is 6.51. The number of nitrogens with zero attached hydrogens (tertiary/aromatic N) is 5. The fourth-order valence-electron chi connectivity index (χ4n) is 3.33. The fraction of sp³-hybridized carbons (Fsp3) is 0.316. The molecule has 4 rings (SSSR count). The van der Waals surface area contributed by atoms with Gasteiger partial charge in [0.25, 0.3) is 0 Å². The Bertz CT molecular complexity index is 811. The molecule has 2 heterocycles. The second-order valence-electron chi connectivity index (χ2n) is 6.51. The molecule has 0 spiro atoms. The smallest absolute Gasteiger partial charge is 0.250 e. The molecule has 0 saturated carbocycles. The molecule has 128 valence electrons. The van der Waals surface area contributed by atoms with Crippen LogP contribution < -0.4 is 10.6 Å². The van der Waals surface area contributed by atoms with Gasteiger partial charge in [-0.3, -0.25) is 0 Å². The molecule has 1 saturated heterocycles. The average Bonchev–Trinajstić information content (AvgIpc) is 3.05. The molecule has 2 aromatic carbocycles. The Balaban J connectivity index is 1.61. The third-order valence-corrected chi connectivity index (χ3v) is 4.66. The van der Waals surface area contributed by atoms with Crippen LogP contribution in [-0.2, 0) is 0 Å². The first-order valence-corrected chi connectivity index (χ1v) is 8.76. The van der Waals surface area contributed by atoms with Gasteiger partial charge in [0.1, 0.15) is 0 Å². The summed E-state index contributed by atoms with van der Waals surface area (Å²) >= 11 is 0. The molecule has 2 N–H and O–H groups in total. The molecule has 0 radical (unpaired) electrons. The highest BCUT2D eigenvalue weighted by molar-refractivity contribution is 5.64. The van der Waals surface area contributed by atoms with E-state index in [1.165, 1.54) is 11.1 Å². The molecule has 1 aliphatic rings. The van der Waals surface area contributed by atoms with E-state index >= 15 is 0 Å². The zero-order valence-electron chi connectivity index (χ0n) is 14.1. The van der Waals surface area contributed by atoms with Crippen molar-refractivity contribution < 1.29 is 0 Å². The largest absolute Gasteiger partial charge is 0.338 e.